The van der Waals surface area contributed by atoms with Crippen LogP contribution in [-0.4, -0.2) is 72.3 Å². The van der Waals surface area contributed by atoms with Crippen LogP contribution < -0.4 is 10.6 Å². The fourth-order valence-corrected chi connectivity index (χ4v) is 4.64. The molecule has 2 heterocycles. The second-order valence-electron chi connectivity index (χ2n) is 9.97. The maximum Gasteiger partial charge on any atom is 0.326 e. The van der Waals surface area contributed by atoms with Crippen LogP contribution in [0.5, 0.6) is 0 Å². The van der Waals surface area contributed by atoms with E-state index in [2.05, 4.69) is 27.7 Å². The van der Waals surface area contributed by atoms with Crippen molar-refractivity contribution in [2.45, 2.75) is 70.4 Å². The van der Waals surface area contributed by atoms with Gasteiger partial charge in [0.05, 0.1) is 12.0 Å². The van der Waals surface area contributed by atoms with Crippen LogP contribution in [0.3, 0.4) is 0 Å². The standard InChI is InChI=1S/C29H42N4O4/c1-21(37-3)20-33(18-8-7-13-25-15-14-24-12-9-17-30-27(24)31-25)19-16-26(29(35)36)32-28(34)22(2)23-10-5-4-6-11-23/h4-6,10-11,14-15,21-22,26H,7-9,12-13,16-20H2,1-3H3,(H,30,31)(H,32,34)(H,35,36). The van der Waals surface area contributed by atoms with Crippen molar-refractivity contribution in [3.63, 3.8) is 0 Å². The summed E-state index contributed by atoms with van der Waals surface area (Å²) in [6, 6.07) is 12.8. The number of carboxylic acids is 1. The Kier molecular flexibility index (Phi) is 11.4. The Bertz CT molecular complexity index is 1000. The molecule has 3 rings (SSSR count). The van der Waals surface area contributed by atoms with E-state index in [1.54, 1.807) is 14.0 Å². The Morgan fingerprint density at radius 1 is 1.14 bits per heavy atom. The number of fused-ring (bicyclic) bond motifs is 1. The Hall–Kier alpha value is -2.97. The number of aryl methyl sites for hydroxylation is 2. The number of aromatic nitrogens is 1. The first-order valence-electron chi connectivity index (χ1n) is 13.4. The lowest BCUT2D eigenvalue weighted by Crippen LogP contribution is -2.45. The van der Waals surface area contributed by atoms with Crippen molar-refractivity contribution in [1.82, 2.24) is 15.2 Å². The number of nitrogens with one attached hydrogen (secondary N) is 2. The van der Waals surface area contributed by atoms with Gasteiger partial charge in [0.15, 0.2) is 0 Å². The summed E-state index contributed by atoms with van der Waals surface area (Å²) in [6.07, 6.45) is 5.48. The largest absolute Gasteiger partial charge is 0.480 e. The van der Waals surface area contributed by atoms with E-state index in [1.165, 1.54) is 5.56 Å². The van der Waals surface area contributed by atoms with Crippen molar-refractivity contribution in [3.05, 3.63) is 59.3 Å². The zero-order valence-corrected chi connectivity index (χ0v) is 22.4. The first-order chi connectivity index (χ1) is 17.9. The lowest BCUT2D eigenvalue weighted by Gasteiger charge is -2.27. The molecule has 1 aliphatic rings. The van der Waals surface area contributed by atoms with Gasteiger partial charge in [-0.3, -0.25) is 4.79 Å². The van der Waals surface area contributed by atoms with Crippen molar-refractivity contribution in [2.24, 2.45) is 0 Å². The maximum absolute atomic E-state index is 12.7. The topological polar surface area (TPSA) is 104 Å². The monoisotopic (exact) mass is 510 g/mol. The summed E-state index contributed by atoms with van der Waals surface area (Å²) >= 11 is 0. The lowest BCUT2D eigenvalue weighted by atomic mass is 10.00. The van der Waals surface area contributed by atoms with Gasteiger partial charge in [-0.25, -0.2) is 9.78 Å². The number of aliphatic carboxylic acids is 1. The van der Waals surface area contributed by atoms with E-state index in [9.17, 15) is 14.7 Å². The number of carbonyl (C=O) groups excluding carboxylic acids is 1. The van der Waals surface area contributed by atoms with Gasteiger partial charge in [-0.15, -0.1) is 0 Å². The maximum atomic E-state index is 12.7. The van der Waals surface area contributed by atoms with Crippen molar-refractivity contribution in [3.8, 4) is 0 Å². The van der Waals surface area contributed by atoms with Crippen molar-refractivity contribution in [1.29, 1.82) is 0 Å². The molecule has 37 heavy (non-hydrogen) atoms. The minimum absolute atomic E-state index is 0.0318. The highest BCUT2D eigenvalue weighted by molar-refractivity contribution is 5.87. The van der Waals surface area contributed by atoms with Crippen LogP contribution in [0.15, 0.2) is 42.5 Å². The molecule has 3 atom stereocenters. The highest BCUT2D eigenvalue weighted by Gasteiger charge is 2.24. The summed E-state index contributed by atoms with van der Waals surface area (Å²) in [4.78, 5) is 31.7. The third kappa shape index (κ3) is 9.13. The number of amides is 1. The van der Waals surface area contributed by atoms with Gasteiger partial charge >= 0.3 is 5.97 Å². The molecule has 1 amide bonds. The number of carboxylic acid groups (broad SMARTS) is 1. The molecular weight excluding hydrogens is 468 g/mol. The zero-order valence-electron chi connectivity index (χ0n) is 22.4. The first kappa shape index (κ1) is 28.6. The molecule has 0 saturated heterocycles. The molecule has 0 aliphatic carbocycles. The van der Waals surface area contributed by atoms with Gasteiger partial charge in [0.25, 0.3) is 0 Å². The molecular formula is C29H42N4O4. The number of methoxy groups -OCH3 is 1. The Morgan fingerprint density at radius 3 is 2.65 bits per heavy atom. The molecule has 0 spiro atoms. The van der Waals surface area contributed by atoms with E-state index in [0.717, 1.165) is 62.3 Å². The van der Waals surface area contributed by atoms with Crippen LogP contribution >= 0.6 is 0 Å². The van der Waals surface area contributed by atoms with Crippen molar-refractivity contribution >= 4 is 17.7 Å². The molecule has 8 heteroatoms. The average molecular weight is 511 g/mol. The number of carbonyl (C=O) groups is 2. The third-order valence-electron chi connectivity index (χ3n) is 7.07. The number of nitrogens with zero attached hydrogens (tertiary/aromatic N) is 2. The molecule has 2 aromatic rings. The molecule has 3 N–H and O–H groups in total. The normalized spacial score (nSPS) is 15.4. The van der Waals surface area contributed by atoms with Crippen LogP contribution in [0.2, 0.25) is 0 Å². The number of hydrogen-bond donors (Lipinski definition) is 3. The van der Waals surface area contributed by atoms with Crippen molar-refractivity contribution < 1.29 is 19.4 Å². The van der Waals surface area contributed by atoms with E-state index in [4.69, 9.17) is 9.72 Å². The van der Waals surface area contributed by atoms with Gasteiger partial charge < -0.3 is 25.4 Å². The Balaban J connectivity index is 1.50. The number of rotatable bonds is 15. The van der Waals surface area contributed by atoms with Crippen LogP contribution in [-0.2, 0) is 27.2 Å². The molecule has 1 aliphatic heterocycles. The van der Waals surface area contributed by atoms with Crippen LogP contribution in [0.25, 0.3) is 0 Å². The summed E-state index contributed by atoms with van der Waals surface area (Å²) in [5.41, 5.74) is 3.27. The Labute approximate surface area is 220 Å². The first-order valence-corrected chi connectivity index (χ1v) is 13.4. The quantitative estimate of drug-likeness (QED) is 0.313. The Morgan fingerprint density at radius 2 is 1.92 bits per heavy atom. The lowest BCUT2D eigenvalue weighted by molar-refractivity contribution is -0.142. The minimum Gasteiger partial charge on any atom is -0.480 e. The summed E-state index contributed by atoms with van der Waals surface area (Å²) < 4.78 is 5.46. The molecule has 8 nitrogen and oxygen atoms in total. The fourth-order valence-electron chi connectivity index (χ4n) is 4.64. The van der Waals surface area contributed by atoms with Gasteiger partial charge in [0.1, 0.15) is 11.9 Å². The van der Waals surface area contributed by atoms with E-state index in [0.29, 0.717) is 19.5 Å². The molecule has 1 aromatic carbocycles. The van der Waals surface area contributed by atoms with E-state index in [-0.39, 0.29) is 12.0 Å². The number of anilines is 1. The van der Waals surface area contributed by atoms with E-state index < -0.39 is 17.9 Å². The van der Waals surface area contributed by atoms with Crippen LogP contribution in [0, 0.1) is 0 Å². The smallest absolute Gasteiger partial charge is 0.326 e. The molecule has 0 radical (unpaired) electrons. The number of unbranched alkanes of at least 4 members (excludes halogenated alkanes) is 1. The number of ether oxygens (including phenoxy) is 1. The summed E-state index contributed by atoms with van der Waals surface area (Å²) in [6.45, 7) is 6.89. The second-order valence-corrected chi connectivity index (χ2v) is 9.97. The fraction of sp³-hybridized carbons (Fsp3) is 0.552. The van der Waals surface area contributed by atoms with Crippen molar-refractivity contribution in [2.75, 3.05) is 38.6 Å². The van der Waals surface area contributed by atoms with Crippen LogP contribution in [0.1, 0.15) is 62.3 Å². The molecule has 202 valence electrons. The minimum atomic E-state index is -1.01. The summed E-state index contributed by atoms with van der Waals surface area (Å²) in [5, 5.41) is 15.9. The second kappa shape index (κ2) is 14.7. The highest BCUT2D eigenvalue weighted by atomic mass is 16.5. The predicted octanol–water partition coefficient (Wildman–Crippen LogP) is 3.86. The van der Waals surface area contributed by atoms with Gasteiger partial charge in [0.2, 0.25) is 5.91 Å². The predicted molar refractivity (Wildman–Crippen MR) is 146 cm³/mol. The average Bonchev–Trinajstić information content (AvgIpc) is 2.92. The van der Waals surface area contributed by atoms with E-state index >= 15 is 0 Å². The van der Waals surface area contributed by atoms with E-state index in [1.807, 2.05) is 37.3 Å². The van der Waals surface area contributed by atoms with Gasteiger partial charge in [-0.2, -0.15) is 0 Å². The molecule has 3 unspecified atom stereocenters. The zero-order chi connectivity index (χ0) is 26.6. The molecule has 1 aromatic heterocycles. The molecule has 0 saturated carbocycles. The summed E-state index contributed by atoms with van der Waals surface area (Å²) in [7, 11) is 1.68. The number of pyridine rings is 1. The molecule has 0 fully saturated rings. The van der Waals surface area contributed by atoms with Gasteiger partial charge in [-0.1, -0.05) is 36.4 Å². The van der Waals surface area contributed by atoms with Gasteiger partial charge in [0, 0.05) is 32.4 Å². The summed E-state index contributed by atoms with van der Waals surface area (Å²) in [5.74, 6) is -0.675. The number of benzene rings is 1. The van der Waals surface area contributed by atoms with Crippen LogP contribution in [0.4, 0.5) is 5.82 Å². The van der Waals surface area contributed by atoms with Gasteiger partial charge in [-0.05, 0) is 76.1 Å². The number of hydrogen-bond acceptors (Lipinski definition) is 6. The molecule has 0 bridgehead atoms. The third-order valence-corrected chi connectivity index (χ3v) is 7.07. The highest BCUT2D eigenvalue weighted by Crippen LogP contribution is 2.20. The SMILES string of the molecule is COC(C)CN(CCCCc1ccc2c(n1)NCCC2)CCC(NC(=O)C(C)c1ccccc1)C(=O)O.